The van der Waals surface area contributed by atoms with Crippen LogP contribution in [0.1, 0.15) is 0 Å². The van der Waals surface area contributed by atoms with Crippen molar-refractivity contribution in [3.8, 4) is 0 Å². The highest BCUT2D eigenvalue weighted by Gasteiger charge is 2.08. The van der Waals surface area contributed by atoms with Gasteiger partial charge in [0, 0.05) is 0 Å². The Morgan fingerprint density at radius 2 is 2.31 bits per heavy atom. The zero-order valence-electron chi connectivity index (χ0n) is 6.44. The van der Waals surface area contributed by atoms with Crippen LogP contribution in [0.5, 0.6) is 0 Å². The van der Waals surface area contributed by atoms with E-state index in [9.17, 15) is 4.39 Å². The molecule has 0 fully saturated rings. The number of hydrogen-bond donors (Lipinski definition) is 0. The zero-order chi connectivity index (χ0) is 8.84. The van der Waals surface area contributed by atoms with Gasteiger partial charge in [0.1, 0.15) is 12.1 Å². The van der Waals surface area contributed by atoms with Crippen LogP contribution in [0.4, 0.5) is 4.39 Å². The highest BCUT2D eigenvalue weighted by molar-refractivity contribution is 7.23. The number of hydrogen-bond acceptors (Lipinski definition) is 3. The number of thiazole rings is 1. The predicted octanol–water partition coefficient (Wildman–Crippen LogP) is 2.08. The molecule has 3 rings (SSSR count). The van der Waals surface area contributed by atoms with Gasteiger partial charge in [-0.1, -0.05) is 17.4 Å². The first-order chi connectivity index (χ1) is 6.36. The lowest BCUT2D eigenvalue weighted by molar-refractivity contribution is 0.641. The van der Waals surface area contributed by atoms with Crippen LogP contribution in [0.15, 0.2) is 24.5 Å². The van der Waals surface area contributed by atoms with Crippen LogP contribution in [0.2, 0.25) is 0 Å². The van der Waals surface area contributed by atoms with Crippen molar-refractivity contribution in [2.75, 3.05) is 0 Å². The molecule has 0 aliphatic heterocycles. The third kappa shape index (κ3) is 0.818. The van der Waals surface area contributed by atoms with E-state index in [2.05, 4.69) is 10.1 Å². The number of benzene rings is 1. The molecule has 2 aromatic heterocycles. The molecule has 1 aromatic carbocycles. The largest absolute Gasteiger partial charge is 0.213 e. The number of rotatable bonds is 0. The molecule has 0 aliphatic rings. The first-order valence-electron chi connectivity index (χ1n) is 3.73. The highest BCUT2D eigenvalue weighted by atomic mass is 32.1. The minimum Gasteiger partial charge on any atom is -0.206 e. The van der Waals surface area contributed by atoms with Crippen molar-refractivity contribution in [3.05, 3.63) is 30.3 Å². The van der Waals surface area contributed by atoms with Gasteiger partial charge in [0.2, 0.25) is 4.96 Å². The molecule has 3 aromatic rings. The van der Waals surface area contributed by atoms with Crippen LogP contribution in [0, 0.1) is 5.82 Å². The van der Waals surface area contributed by atoms with Gasteiger partial charge in [-0.25, -0.2) is 13.9 Å². The zero-order valence-corrected chi connectivity index (χ0v) is 7.25. The summed E-state index contributed by atoms with van der Waals surface area (Å²) in [5, 5.41) is 4.00. The first-order valence-corrected chi connectivity index (χ1v) is 4.54. The fraction of sp³-hybridized carbons (Fsp3) is 0. The van der Waals surface area contributed by atoms with E-state index in [1.165, 1.54) is 23.7 Å². The second-order valence-corrected chi connectivity index (χ2v) is 3.62. The number of nitrogens with zero attached hydrogens (tertiary/aromatic N) is 3. The SMILES string of the molecule is Fc1cccc2c1sc1ncnn12. The Morgan fingerprint density at radius 3 is 3.23 bits per heavy atom. The molecule has 0 bridgehead atoms. The second-order valence-electron chi connectivity index (χ2n) is 2.64. The summed E-state index contributed by atoms with van der Waals surface area (Å²) in [4.78, 5) is 4.72. The van der Waals surface area contributed by atoms with Gasteiger partial charge in [0.15, 0.2) is 0 Å². The normalized spacial score (nSPS) is 11.5. The van der Waals surface area contributed by atoms with Gasteiger partial charge in [-0.3, -0.25) is 0 Å². The number of halogens is 1. The van der Waals surface area contributed by atoms with Crippen LogP contribution in [-0.4, -0.2) is 14.6 Å². The minimum absolute atomic E-state index is 0.213. The molecule has 0 amide bonds. The average Bonchev–Trinajstić information content (AvgIpc) is 2.65. The van der Waals surface area contributed by atoms with Crippen LogP contribution in [0.25, 0.3) is 15.2 Å². The fourth-order valence-electron chi connectivity index (χ4n) is 1.32. The van der Waals surface area contributed by atoms with Crippen LogP contribution in [-0.2, 0) is 0 Å². The highest BCUT2D eigenvalue weighted by Crippen LogP contribution is 2.26. The van der Waals surface area contributed by atoms with E-state index >= 15 is 0 Å². The summed E-state index contributed by atoms with van der Waals surface area (Å²) in [6, 6.07) is 4.94. The van der Waals surface area contributed by atoms with Gasteiger partial charge >= 0.3 is 0 Å². The van der Waals surface area contributed by atoms with Crippen molar-refractivity contribution >= 4 is 26.5 Å². The summed E-state index contributed by atoms with van der Waals surface area (Å²) in [7, 11) is 0. The molecule has 0 spiro atoms. The van der Waals surface area contributed by atoms with E-state index in [0.29, 0.717) is 4.70 Å². The molecule has 0 N–H and O–H groups in total. The smallest absolute Gasteiger partial charge is 0.206 e. The standard InChI is InChI=1S/C8H4FN3S/c9-5-2-1-3-6-7(5)13-8-10-4-11-12(6)8/h1-4H. The molecule has 3 nitrogen and oxygen atoms in total. The van der Waals surface area contributed by atoms with Gasteiger partial charge < -0.3 is 0 Å². The van der Waals surface area contributed by atoms with E-state index in [-0.39, 0.29) is 5.82 Å². The van der Waals surface area contributed by atoms with Crippen molar-refractivity contribution < 1.29 is 4.39 Å². The van der Waals surface area contributed by atoms with Gasteiger partial charge in [-0.2, -0.15) is 5.10 Å². The molecule has 64 valence electrons. The number of fused-ring (bicyclic) bond motifs is 3. The Hall–Kier alpha value is -1.49. The second kappa shape index (κ2) is 2.26. The van der Waals surface area contributed by atoms with Crippen molar-refractivity contribution in [2.45, 2.75) is 0 Å². The lowest BCUT2D eigenvalue weighted by atomic mass is 10.3. The average molecular weight is 193 g/mol. The molecule has 13 heavy (non-hydrogen) atoms. The summed E-state index contributed by atoms with van der Waals surface area (Å²) < 4.78 is 15.5. The molecule has 0 atom stereocenters. The van der Waals surface area contributed by atoms with Gasteiger partial charge in [0.25, 0.3) is 0 Å². The summed E-state index contributed by atoms with van der Waals surface area (Å²) in [6.45, 7) is 0. The van der Waals surface area contributed by atoms with Crippen molar-refractivity contribution in [2.24, 2.45) is 0 Å². The number of aromatic nitrogens is 3. The third-order valence-corrected chi connectivity index (χ3v) is 2.95. The van der Waals surface area contributed by atoms with Crippen molar-refractivity contribution in [3.63, 3.8) is 0 Å². The van der Waals surface area contributed by atoms with E-state index in [1.54, 1.807) is 10.6 Å². The maximum absolute atomic E-state index is 13.2. The molecule has 0 saturated heterocycles. The molecule has 2 heterocycles. The monoisotopic (exact) mass is 193 g/mol. The Balaban J connectivity index is 2.66. The molecule has 0 aliphatic carbocycles. The fourth-order valence-corrected chi connectivity index (χ4v) is 2.26. The maximum atomic E-state index is 13.2. The summed E-state index contributed by atoms with van der Waals surface area (Å²) in [5.41, 5.74) is 0.775. The lowest BCUT2D eigenvalue weighted by Gasteiger charge is -1.89. The molecule has 5 heteroatoms. The van der Waals surface area contributed by atoms with Gasteiger partial charge in [-0.05, 0) is 12.1 Å². The van der Waals surface area contributed by atoms with Crippen LogP contribution < -0.4 is 0 Å². The summed E-state index contributed by atoms with van der Waals surface area (Å²) in [5.74, 6) is -0.213. The lowest BCUT2D eigenvalue weighted by Crippen LogP contribution is -1.82. The Bertz CT molecular complexity index is 583. The Kier molecular flexibility index (Phi) is 1.21. The minimum atomic E-state index is -0.213. The molecule has 0 unspecified atom stereocenters. The predicted molar refractivity (Wildman–Crippen MR) is 48.3 cm³/mol. The van der Waals surface area contributed by atoms with E-state index in [1.807, 2.05) is 6.07 Å². The molecule has 0 radical (unpaired) electrons. The topological polar surface area (TPSA) is 30.2 Å². The maximum Gasteiger partial charge on any atom is 0.213 e. The quantitative estimate of drug-likeness (QED) is 0.547. The van der Waals surface area contributed by atoms with Crippen LogP contribution >= 0.6 is 11.3 Å². The van der Waals surface area contributed by atoms with Gasteiger partial charge in [-0.15, -0.1) is 0 Å². The molecular formula is C8H4FN3S. The van der Waals surface area contributed by atoms with Crippen molar-refractivity contribution in [1.29, 1.82) is 0 Å². The van der Waals surface area contributed by atoms with E-state index in [0.717, 1.165) is 10.5 Å². The van der Waals surface area contributed by atoms with Crippen LogP contribution in [0.3, 0.4) is 0 Å². The summed E-state index contributed by atoms with van der Waals surface area (Å²) >= 11 is 1.31. The third-order valence-electron chi connectivity index (χ3n) is 1.88. The van der Waals surface area contributed by atoms with Crippen molar-refractivity contribution in [1.82, 2.24) is 14.6 Å². The molecule has 0 saturated carbocycles. The van der Waals surface area contributed by atoms with Gasteiger partial charge in [0.05, 0.1) is 10.2 Å². The Morgan fingerprint density at radius 1 is 1.38 bits per heavy atom. The first kappa shape index (κ1) is 6.97. The molecular weight excluding hydrogens is 189 g/mol. The Labute approximate surface area is 76.4 Å². The summed E-state index contributed by atoms with van der Waals surface area (Å²) in [6.07, 6.45) is 1.47. The van der Waals surface area contributed by atoms with E-state index < -0.39 is 0 Å². The van der Waals surface area contributed by atoms with E-state index in [4.69, 9.17) is 0 Å².